The largest absolute Gasteiger partial charge is 0.337 e. The van der Waals surface area contributed by atoms with E-state index in [-0.39, 0.29) is 6.04 Å². The second-order valence-electron chi connectivity index (χ2n) is 5.42. The van der Waals surface area contributed by atoms with E-state index in [2.05, 4.69) is 44.3 Å². The van der Waals surface area contributed by atoms with Crippen LogP contribution in [0.2, 0.25) is 0 Å². The molecule has 9 nitrogen and oxygen atoms in total. The molecule has 3 heterocycles. The number of rotatable bonds is 4. The first-order valence-electron chi connectivity index (χ1n) is 6.96. The zero-order valence-electron chi connectivity index (χ0n) is 12.3. The third-order valence-electron chi connectivity index (χ3n) is 3.73. The maximum atomic E-state index is 5.51. The molecule has 1 fully saturated rings. The molecular formula is C12H20N8O. The summed E-state index contributed by atoms with van der Waals surface area (Å²) >= 11 is 0. The molecule has 1 aliphatic rings. The molecule has 0 radical (unpaired) electrons. The van der Waals surface area contributed by atoms with Crippen LogP contribution in [0.5, 0.6) is 0 Å². The van der Waals surface area contributed by atoms with Crippen molar-refractivity contribution in [2.24, 2.45) is 5.73 Å². The predicted octanol–water partition coefficient (Wildman–Crippen LogP) is -0.914. The number of hydrogen-bond acceptors (Lipinski definition) is 8. The van der Waals surface area contributed by atoms with Gasteiger partial charge in [0, 0.05) is 26.2 Å². The van der Waals surface area contributed by atoms with E-state index in [1.807, 2.05) is 0 Å². The number of nitrogens with zero attached hydrogens (tertiary/aromatic N) is 7. The SMILES string of the molecule is CN1CCN(C)C(c2noc(Cn3cc(CN)nn3)n2)C1. The van der Waals surface area contributed by atoms with Gasteiger partial charge in [-0.1, -0.05) is 10.4 Å². The van der Waals surface area contributed by atoms with Crippen molar-refractivity contribution >= 4 is 0 Å². The molecule has 0 saturated carbocycles. The minimum atomic E-state index is 0.164. The first-order valence-corrected chi connectivity index (χ1v) is 6.96. The van der Waals surface area contributed by atoms with Gasteiger partial charge in [-0.05, 0) is 14.1 Å². The Hall–Kier alpha value is -1.84. The van der Waals surface area contributed by atoms with Crippen LogP contribution >= 0.6 is 0 Å². The van der Waals surface area contributed by atoms with E-state index >= 15 is 0 Å². The molecule has 0 aliphatic carbocycles. The topological polar surface area (TPSA) is 102 Å². The summed E-state index contributed by atoms with van der Waals surface area (Å²) in [6, 6.07) is 0.164. The minimum absolute atomic E-state index is 0.164. The maximum Gasteiger partial charge on any atom is 0.248 e. The molecule has 9 heteroatoms. The van der Waals surface area contributed by atoms with Gasteiger partial charge in [0.2, 0.25) is 5.89 Å². The summed E-state index contributed by atoms with van der Waals surface area (Å²) in [5.74, 6) is 1.25. The Kier molecular flexibility index (Phi) is 3.95. The summed E-state index contributed by atoms with van der Waals surface area (Å²) in [6.45, 7) is 3.73. The average Bonchev–Trinajstić information content (AvgIpc) is 3.11. The lowest BCUT2D eigenvalue weighted by molar-refractivity contribution is 0.108. The average molecular weight is 292 g/mol. The zero-order chi connectivity index (χ0) is 14.8. The third-order valence-corrected chi connectivity index (χ3v) is 3.73. The Bertz CT molecular complexity index is 594. The van der Waals surface area contributed by atoms with E-state index < -0.39 is 0 Å². The van der Waals surface area contributed by atoms with Gasteiger partial charge in [-0.2, -0.15) is 4.98 Å². The monoisotopic (exact) mass is 292 g/mol. The van der Waals surface area contributed by atoms with Gasteiger partial charge in [-0.25, -0.2) is 4.68 Å². The van der Waals surface area contributed by atoms with Gasteiger partial charge in [-0.3, -0.25) is 4.90 Å². The summed E-state index contributed by atoms with van der Waals surface area (Å²) in [5.41, 5.74) is 6.25. The van der Waals surface area contributed by atoms with Gasteiger partial charge in [-0.15, -0.1) is 5.10 Å². The molecule has 0 aromatic carbocycles. The van der Waals surface area contributed by atoms with Crippen LogP contribution in [-0.2, 0) is 13.1 Å². The maximum absolute atomic E-state index is 5.51. The lowest BCUT2D eigenvalue weighted by Gasteiger charge is -2.35. The van der Waals surface area contributed by atoms with Crippen molar-refractivity contribution < 1.29 is 4.52 Å². The highest BCUT2D eigenvalue weighted by molar-refractivity contribution is 4.99. The molecule has 0 amide bonds. The summed E-state index contributed by atoms with van der Waals surface area (Å²) < 4.78 is 6.97. The second kappa shape index (κ2) is 5.88. The van der Waals surface area contributed by atoms with Crippen LogP contribution in [0, 0.1) is 0 Å². The highest BCUT2D eigenvalue weighted by Gasteiger charge is 2.27. The lowest BCUT2D eigenvalue weighted by Crippen LogP contribution is -2.45. The van der Waals surface area contributed by atoms with Crippen molar-refractivity contribution in [2.75, 3.05) is 33.7 Å². The summed E-state index contributed by atoms with van der Waals surface area (Å²) in [5, 5.41) is 12.0. The van der Waals surface area contributed by atoms with E-state index in [0.29, 0.717) is 19.0 Å². The fraction of sp³-hybridized carbons (Fsp3) is 0.667. The molecule has 2 aromatic heterocycles. The minimum Gasteiger partial charge on any atom is -0.337 e. The fourth-order valence-electron chi connectivity index (χ4n) is 2.40. The standard InChI is InChI=1S/C12H20N8O/c1-18-3-4-19(2)10(7-18)12-14-11(21-16-12)8-20-6-9(5-13)15-17-20/h6,10H,3-5,7-8,13H2,1-2H3. The molecule has 2 N–H and O–H groups in total. The van der Waals surface area contributed by atoms with Crippen molar-refractivity contribution in [2.45, 2.75) is 19.1 Å². The molecule has 114 valence electrons. The van der Waals surface area contributed by atoms with Crippen LogP contribution < -0.4 is 5.73 Å². The first-order chi connectivity index (χ1) is 10.2. The third kappa shape index (κ3) is 3.09. The van der Waals surface area contributed by atoms with Gasteiger partial charge in [0.15, 0.2) is 5.82 Å². The number of piperazine rings is 1. The smallest absolute Gasteiger partial charge is 0.248 e. The Balaban J connectivity index is 1.70. The molecule has 1 aliphatic heterocycles. The molecule has 21 heavy (non-hydrogen) atoms. The molecular weight excluding hydrogens is 272 g/mol. The highest BCUT2D eigenvalue weighted by atomic mass is 16.5. The predicted molar refractivity (Wildman–Crippen MR) is 74.2 cm³/mol. The van der Waals surface area contributed by atoms with Gasteiger partial charge >= 0.3 is 0 Å². The summed E-state index contributed by atoms with van der Waals surface area (Å²) in [7, 11) is 4.18. The molecule has 1 unspecified atom stereocenters. The van der Waals surface area contributed by atoms with Crippen molar-refractivity contribution in [3.05, 3.63) is 23.6 Å². The summed E-state index contributed by atoms with van der Waals surface area (Å²) in [4.78, 5) is 9.00. The van der Waals surface area contributed by atoms with Gasteiger partial charge in [0.25, 0.3) is 0 Å². The van der Waals surface area contributed by atoms with E-state index in [1.54, 1.807) is 10.9 Å². The van der Waals surface area contributed by atoms with Crippen molar-refractivity contribution in [3.63, 3.8) is 0 Å². The Labute approximate surface area is 122 Å². The molecule has 0 bridgehead atoms. The van der Waals surface area contributed by atoms with E-state index in [4.69, 9.17) is 10.3 Å². The number of hydrogen-bond donors (Lipinski definition) is 1. The van der Waals surface area contributed by atoms with Gasteiger partial charge < -0.3 is 15.2 Å². The lowest BCUT2D eigenvalue weighted by atomic mass is 10.2. The van der Waals surface area contributed by atoms with Gasteiger partial charge in [0.1, 0.15) is 6.54 Å². The van der Waals surface area contributed by atoms with Crippen LogP contribution in [0.3, 0.4) is 0 Å². The first kappa shape index (κ1) is 14.1. The number of aromatic nitrogens is 5. The van der Waals surface area contributed by atoms with Crippen molar-refractivity contribution in [1.82, 2.24) is 34.9 Å². The summed E-state index contributed by atoms with van der Waals surface area (Å²) in [6.07, 6.45) is 1.78. The van der Waals surface area contributed by atoms with E-state index in [9.17, 15) is 0 Å². The van der Waals surface area contributed by atoms with Crippen molar-refractivity contribution in [3.8, 4) is 0 Å². The number of likely N-dealkylation sites (N-methyl/N-ethyl adjacent to an activating group) is 2. The zero-order valence-corrected chi connectivity index (χ0v) is 12.3. The quantitative estimate of drug-likeness (QED) is 0.772. The van der Waals surface area contributed by atoms with Crippen LogP contribution in [0.1, 0.15) is 23.5 Å². The van der Waals surface area contributed by atoms with Crippen LogP contribution in [0.4, 0.5) is 0 Å². The van der Waals surface area contributed by atoms with Gasteiger partial charge in [0.05, 0.1) is 17.9 Å². The normalized spacial score (nSPS) is 21.0. The number of nitrogens with two attached hydrogens (primary N) is 1. The van der Waals surface area contributed by atoms with E-state index in [0.717, 1.165) is 31.2 Å². The molecule has 0 spiro atoms. The molecule has 1 saturated heterocycles. The van der Waals surface area contributed by atoms with Crippen LogP contribution in [0.25, 0.3) is 0 Å². The molecule has 3 rings (SSSR count). The van der Waals surface area contributed by atoms with Crippen LogP contribution in [0.15, 0.2) is 10.7 Å². The Morgan fingerprint density at radius 3 is 3.00 bits per heavy atom. The highest BCUT2D eigenvalue weighted by Crippen LogP contribution is 2.20. The van der Waals surface area contributed by atoms with Crippen LogP contribution in [-0.4, -0.2) is 68.7 Å². The van der Waals surface area contributed by atoms with Crippen molar-refractivity contribution in [1.29, 1.82) is 0 Å². The fourth-order valence-corrected chi connectivity index (χ4v) is 2.40. The Morgan fingerprint density at radius 2 is 2.24 bits per heavy atom. The second-order valence-corrected chi connectivity index (χ2v) is 5.42. The Morgan fingerprint density at radius 1 is 1.38 bits per heavy atom. The molecule has 2 aromatic rings. The van der Waals surface area contributed by atoms with E-state index in [1.165, 1.54) is 0 Å². The molecule has 1 atom stereocenters.